The fourth-order valence-electron chi connectivity index (χ4n) is 2.10. The Bertz CT molecular complexity index is 1540. The summed E-state index contributed by atoms with van der Waals surface area (Å²) in [6, 6.07) is -5.88. The molecule has 3 rings (SSSR count). The average molecular weight is 424 g/mol. The van der Waals surface area contributed by atoms with E-state index in [1.54, 1.807) is 0 Å². The van der Waals surface area contributed by atoms with Crippen LogP contribution in [0.25, 0.3) is 0 Å². The summed E-state index contributed by atoms with van der Waals surface area (Å²) in [6.07, 6.45) is -12.1. The largest absolute Gasteiger partial charge is 0.388 e. The topological polar surface area (TPSA) is 88.2 Å². The number of aromatic nitrogens is 1. The fourth-order valence-corrected chi connectivity index (χ4v) is 2.59. The first kappa shape index (κ1) is 9.41. The number of nitrogens with two attached hydrogens (primary N) is 1. The van der Waals surface area contributed by atoms with Crippen molar-refractivity contribution in [1.82, 2.24) is 4.98 Å². The maximum Gasteiger partial charge on any atom is 0.230 e. The van der Waals surface area contributed by atoms with E-state index in [0.29, 0.717) is 0 Å². The lowest BCUT2D eigenvalue weighted by Crippen LogP contribution is -2.14. The number of benzene rings is 2. The summed E-state index contributed by atoms with van der Waals surface area (Å²) in [7, 11) is 0. The molecule has 0 bridgehead atoms. The van der Waals surface area contributed by atoms with Gasteiger partial charge in [-0.05, 0) is 49.3 Å². The number of nitrogen functional groups attached to an aromatic ring is 1. The average Bonchev–Trinajstić information content (AvgIpc) is 3.37. The van der Waals surface area contributed by atoms with Gasteiger partial charge in [-0.3, -0.25) is 4.79 Å². The van der Waals surface area contributed by atoms with Crippen LogP contribution in [0.1, 0.15) is 66.9 Å². The molecule has 0 aliphatic heterocycles. The Hall–Kier alpha value is -2.70. The zero-order chi connectivity index (χ0) is 33.0. The third-order valence-electron chi connectivity index (χ3n) is 3.49. The molecule has 3 aromatic rings. The van der Waals surface area contributed by atoms with Crippen LogP contribution in [0.2, 0.25) is 0 Å². The summed E-state index contributed by atoms with van der Waals surface area (Å²) in [5.41, 5.74) is 3.02. The number of hydrogen-bond donors (Lipinski definition) is 3. The number of carbonyl (C=O) groups is 1. The minimum atomic E-state index is -3.22. The molecule has 2 aromatic carbocycles. The normalized spacial score (nSPS) is 20.3. The minimum Gasteiger partial charge on any atom is -0.388 e. The molecule has 4 N–H and O–H groups in total. The summed E-state index contributed by atoms with van der Waals surface area (Å²) in [5.74, 6) is -1.40. The van der Waals surface area contributed by atoms with E-state index in [9.17, 15) is 9.90 Å². The standard InChI is InChI=1S/C23H27N3O2S/c1-16-6-10-18(11-7-16)21(27)5-3-2-4-17-8-12-19(13-9-17)25-22(28)14-20-15-29-23(24)26-20/h6-13,15,21,27H,2-5,14H2,1H3,(H2,24,26)(H,25,28)/t21-/m0/s1/i2D2,4D2,6D,7D,8D,9D,10D,11D,12D,13D,14D2. The van der Waals surface area contributed by atoms with Crippen LogP contribution in [0.15, 0.2) is 53.7 Å². The van der Waals surface area contributed by atoms with Gasteiger partial charge in [-0.2, -0.15) is 0 Å². The number of amides is 1. The minimum absolute atomic E-state index is 0.0225. The summed E-state index contributed by atoms with van der Waals surface area (Å²) in [6.45, 7) is 1.37. The van der Waals surface area contributed by atoms with Gasteiger partial charge in [-0.25, -0.2) is 4.98 Å². The molecule has 6 heteroatoms. The van der Waals surface area contributed by atoms with Crippen LogP contribution in [-0.2, 0) is 17.5 Å². The van der Waals surface area contributed by atoms with Gasteiger partial charge in [0.15, 0.2) is 5.13 Å². The molecule has 0 aliphatic rings. The smallest absolute Gasteiger partial charge is 0.230 e. The Labute approximate surface area is 195 Å². The molecular weight excluding hydrogens is 382 g/mol. The second-order valence-corrected chi connectivity index (χ2v) is 6.68. The Morgan fingerprint density at radius 2 is 2.00 bits per heavy atom. The fraction of sp³-hybridized carbons (Fsp3) is 0.304. The second kappa shape index (κ2) is 10.2. The van der Waals surface area contributed by atoms with E-state index in [0.717, 1.165) is 11.3 Å². The number of nitrogens with zero attached hydrogens (tertiary/aromatic N) is 1. The molecule has 1 heterocycles. The van der Waals surface area contributed by atoms with Crippen molar-refractivity contribution in [2.75, 3.05) is 11.1 Å². The van der Waals surface area contributed by atoms with E-state index in [2.05, 4.69) is 4.98 Å². The molecule has 1 aromatic heterocycles. The highest BCUT2D eigenvalue weighted by atomic mass is 32.1. The summed E-state index contributed by atoms with van der Waals surface area (Å²) < 4.78 is 115. The lowest BCUT2D eigenvalue weighted by atomic mass is 10.0. The van der Waals surface area contributed by atoms with Crippen molar-refractivity contribution in [2.24, 2.45) is 0 Å². The first-order valence-corrected chi connectivity index (χ1v) is 9.36. The molecule has 152 valence electrons. The van der Waals surface area contributed by atoms with Gasteiger partial charge in [0.2, 0.25) is 5.91 Å². The van der Waals surface area contributed by atoms with Gasteiger partial charge in [0.25, 0.3) is 0 Å². The molecule has 29 heavy (non-hydrogen) atoms. The predicted octanol–water partition coefficient (Wildman–Crippen LogP) is 4.66. The molecule has 1 amide bonds. The van der Waals surface area contributed by atoms with Crippen LogP contribution in [-0.4, -0.2) is 16.0 Å². The molecule has 0 unspecified atom stereocenters. The molecule has 0 saturated heterocycles. The highest BCUT2D eigenvalue weighted by Gasteiger charge is 2.08. The lowest BCUT2D eigenvalue weighted by Gasteiger charge is -2.11. The Balaban J connectivity index is 1.95. The number of thiazole rings is 1. The maximum absolute atomic E-state index is 12.7. The molecule has 5 nitrogen and oxygen atoms in total. The van der Waals surface area contributed by atoms with Crippen molar-refractivity contribution >= 4 is 28.1 Å². The monoisotopic (exact) mass is 423 g/mol. The van der Waals surface area contributed by atoms with Crippen LogP contribution in [0.5, 0.6) is 0 Å². The van der Waals surface area contributed by atoms with Crippen molar-refractivity contribution in [3.05, 3.63) is 76.1 Å². The zero-order valence-corrected chi connectivity index (χ0v) is 16.2. The van der Waals surface area contributed by atoms with E-state index >= 15 is 0 Å². The van der Waals surface area contributed by atoms with Gasteiger partial charge in [-0.1, -0.05) is 48.2 Å². The number of hydrogen-bond acceptors (Lipinski definition) is 5. The zero-order valence-electron chi connectivity index (χ0n) is 29.4. The number of aliphatic hydroxyl groups is 1. The Morgan fingerprint density at radius 1 is 1.28 bits per heavy atom. The Kier molecular flexibility index (Phi) is 3.30. The van der Waals surface area contributed by atoms with Crippen LogP contribution in [0.4, 0.5) is 10.8 Å². The highest BCUT2D eigenvalue weighted by Crippen LogP contribution is 2.21. The van der Waals surface area contributed by atoms with E-state index in [4.69, 9.17) is 24.9 Å². The third kappa shape index (κ3) is 6.69. The van der Waals surface area contributed by atoms with Crippen molar-refractivity contribution < 1.29 is 29.1 Å². The molecule has 1 atom stereocenters. The van der Waals surface area contributed by atoms with E-state index < -0.39 is 109 Å². The first-order chi connectivity index (χ1) is 19.6. The number of aliphatic hydroxyl groups excluding tert-OH is 1. The molecule has 0 radical (unpaired) electrons. The molecule has 0 aliphatic carbocycles. The van der Waals surface area contributed by atoms with E-state index in [1.165, 1.54) is 12.3 Å². The number of anilines is 2. The van der Waals surface area contributed by atoms with Gasteiger partial charge in [0.05, 0.1) is 29.1 Å². The molecule has 0 fully saturated rings. The molecule has 0 saturated carbocycles. The van der Waals surface area contributed by atoms with Crippen LogP contribution >= 0.6 is 11.3 Å². The summed E-state index contributed by atoms with van der Waals surface area (Å²) in [4.78, 5) is 16.4. The van der Waals surface area contributed by atoms with Gasteiger partial charge >= 0.3 is 0 Å². The highest BCUT2D eigenvalue weighted by molar-refractivity contribution is 7.13. The summed E-state index contributed by atoms with van der Waals surface area (Å²) in [5, 5.41) is 13.8. The second-order valence-electron chi connectivity index (χ2n) is 5.80. The van der Waals surface area contributed by atoms with Crippen molar-refractivity contribution in [1.29, 1.82) is 0 Å². The molecule has 0 spiro atoms. The lowest BCUT2D eigenvalue weighted by molar-refractivity contribution is -0.115. The van der Waals surface area contributed by atoms with Gasteiger partial charge in [-0.15, -0.1) is 11.3 Å². The number of carbonyl (C=O) groups excluding carboxylic acids is 1. The van der Waals surface area contributed by atoms with Crippen LogP contribution < -0.4 is 11.1 Å². The SMILES string of the molecule is [2H]c1c([2H])c([C@@H](O)CCC([2H])([2H])C([2H])([2H])c2c([2H])c([2H])c(NC(=O)C([2H])([2H])c3csc(N)n3)c([2H])c2[2H])c([2H])c([2H])c1C. The van der Waals surface area contributed by atoms with Gasteiger partial charge in [0, 0.05) is 19.3 Å². The van der Waals surface area contributed by atoms with Crippen molar-refractivity contribution in [3.63, 3.8) is 0 Å². The van der Waals surface area contributed by atoms with Gasteiger partial charge < -0.3 is 16.2 Å². The van der Waals surface area contributed by atoms with Crippen LogP contribution in [0, 0.1) is 6.92 Å². The van der Waals surface area contributed by atoms with Gasteiger partial charge in [0.1, 0.15) is 0 Å². The van der Waals surface area contributed by atoms with Crippen LogP contribution in [0.3, 0.4) is 0 Å². The first-order valence-electron chi connectivity index (χ1n) is 15.5. The number of rotatable bonds is 9. The third-order valence-corrected chi connectivity index (χ3v) is 4.16. The summed E-state index contributed by atoms with van der Waals surface area (Å²) >= 11 is 0.865. The van der Waals surface area contributed by atoms with E-state index in [-0.39, 0.29) is 16.4 Å². The van der Waals surface area contributed by atoms with Crippen molar-refractivity contribution in [2.45, 2.75) is 45.0 Å². The Morgan fingerprint density at radius 3 is 2.66 bits per heavy atom. The predicted molar refractivity (Wildman–Crippen MR) is 119 cm³/mol. The molecular formula is C23H27N3O2S. The van der Waals surface area contributed by atoms with Crippen molar-refractivity contribution in [3.8, 4) is 0 Å². The maximum atomic E-state index is 12.7. The van der Waals surface area contributed by atoms with E-state index in [1.807, 2.05) is 5.32 Å². The number of nitrogens with one attached hydrogen (secondary N) is 1. The quantitative estimate of drug-likeness (QED) is 0.467.